The summed E-state index contributed by atoms with van der Waals surface area (Å²) in [5.41, 5.74) is 0. The van der Waals surface area contributed by atoms with E-state index in [1.807, 2.05) is 0 Å². The fraction of sp³-hybridized carbons (Fsp3) is 0.889. The van der Waals surface area contributed by atoms with Gasteiger partial charge in [0.25, 0.3) is 0 Å². The molecule has 0 amide bonds. The molecule has 1 aliphatic carbocycles. The van der Waals surface area contributed by atoms with Crippen LogP contribution in [0.2, 0.25) is 0 Å². The average Bonchev–Trinajstić information content (AvgIpc) is 2.81. The van der Waals surface area contributed by atoms with E-state index in [9.17, 15) is 0 Å². The summed E-state index contributed by atoms with van der Waals surface area (Å²) in [5.74, 6) is 0.919. The van der Waals surface area contributed by atoms with Crippen LogP contribution in [0.3, 0.4) is 0 Å². The predicted molar refractivity (Wildman–Crippen MR) is 45.0 cm³/mol. The van der Waals surface area contributed by atoms with E-state index < -0.39 is 0 Å². The molecule has 2 heteroatoms. The molecule has 1 saturated carbocycles. The van der Waals surface area contributed by atoms with Crippen LogP contribution in [0.5, 0.6) is 0 Å². The molecule has 0 aromatic rings. The molecule has 0 bridgehead atoms. The van der Waals surface area contributed by atoms with Gasteiger partial charge in [-0.05, 0) is 31.7 Å². The van der Waals surface area contributed by atoms with Gasteiger partial charge in [-0.15, -0.1) is 0 Å². The van der Waals surface area contributed by atoms with E-state index in [-0.39, 0.29) is 0 Å². The minimum Gasteiger partial charge on any atom is -0.313 e. The van der Waals surface area contributed by atoms with Crippen molar-refractivity contribution < 1.29 is 0 Å². The first-order valence-electron chi connectivity index (χ1n) is 4.47. The van der Waals surface area contributed by atoms with E-state index in [2.05, 4.69) is 18.3 Å². The smallest absolute Gasteiger partial charge is 0.0638 e. The minimum atomic E-state index is 0.431. The quantitative estimate of drug-likeness (QED) is 0.650. The van der Waals surface area contributed by atoms with E-state index in [0.717, 1.165) is 18.9 Å². The Kier molecular flexibility index (Phi) is 3.38. The van der Waals surface area contributed by atoms with Crippen LogP contribution in [-0.4, -0.2) is 12.6 Å². The molecule has 1 aliphatic rings. The molecular formula is C9H16N2. The molecule has 0 aliphatic heterocycles. The third-order valence-corrected chi connectivity index (χ3v) is 2.22. The highest BCUT2D eigenvalue weighted by Crippen LogP contribution is 2.27. The second kappa shape index (κ2) is 4.35. The lowest BCUT2D eigenvalue weighted by molar-refractivity contribution is 0.491. The molecule has 0 aromatic carbocycles. The Morgan fingerprint density at radius 2 is 2.36 bits per heavy atom. The van der Waals surface area contributed by atoms with Crippen molar-refractivity contribution in [3.63, 3.8) is 0 Å². The molecule has 2 nitrogen and oxygen atoms in total. The minimum absolute atomic E-state index is 0.431. The van der Waals surface area contributed by atoms with Crippen molar-refractivity contribution in [1.82, 2.24) is 5.32 Å². The highest BCUT2D eigenvalue weighted by molar-refractivity contribution is 4.82. The van der Waals surface area contributed by atoms with E-state index in [1.54, 1.807) is 0 Å². The van der Waals surface area contributed by atoms with Crippen LogP contribution in [0, 0.1) is 17.2 Å². The lowest BCUT2D eigenvalue weighted by Gasteiger charge is -2.12. The van der Waals surface area contributed by atoms with Gasteiger partial charge in [-0.1, -0.05) is 6.92 Å². The average molecular weight is 152 g/mol. The molecule has 0 radical (unpaired) electrons. The lowest BCUT2D eigenvalue weighted by atomic mass is 10.1. The Labute approximate surface area is 68.6 Å². The fourth-order valence-corrected chi connectivity index (χ4v) is 1.13. The maximum atomic E-state index is 8.46. The molecule has 1 fully saturated rings. The molecule has 0 spiro atoms. The third kappa shape index (κ3) is 3.38. The van der Waals surface area contributed by atoms with Gasteiger partial charge in [0, 0.05) is 6.04 Å². The van der Waals surface area contributed by atoms with Gasteiger partial charge in [-0.3, -0.25) is 0 Å². The van der Waals surface area contributed by atoms with Crippen LogP contribution in [0.4, 0.5) is 0 Å². The first-order valence-corrected chi connectivity index (χ1v) is 4.47. The largest absolute Gasteiger partial charge is 0.313 e. The normalized spacial score (nSPS) is 19.3. The Morgan fingerprint density at radius 3 is 2.82 bits per heavy atom. The van der Waals surface area contributed by atoms with Gasteiger partial charge >= 0.3 is 0 Å². The van der Waals surface area contributed by atoms with E-state index in [0.29, 0.717) is 12.5 Å². The Morgan fingerprint density at radius 1 is 1.64 bits per heavy atom. The molecular weight excluding hydrogens is 136 g/mol. The van der Waals surface area contributed by atoms with Crippen molar-refractivity contribution in [3.05, 3.63) is 0 Å². The number of nitriles is 1. The highest BCUT2D eigenvalue weighted by atomic mass is 14.9. The lowest BCUT2D eigenvalue weighted by Crippen LogP contribution is -2.29. The van der Waals surface area contributed by atoms with Crippen molar-refractivity contribution in [2.75, 3.05) is 6.54 Å². The summed E-state index contributed by atoms with van der Waals surface area (Å²) in [6, 6.07) is 2.63. The van der Waals surface area contributed by atoms with Crippen molar-refractivity contribution in [1.29, 1.82) is 5.26 Å². The molecule has 1 N–H and O–H groups in total. The summed E-state index contributed by atoms with van der Waals surface area (Å²) in [5, 5.41) is 11.9. The van der Waals surface area contributed by atoms with Gasteiger partial charge in [0.2, 0.25) is 0 Å². The summed E-state index contributed by atoms with van der Waals surface area (Å²) in [6.07, 6.45) is 4.50. The fourth-order valence-electron chi connectivity index (χ4n) is 1.13. The molecule has 11 heavy (non-hydrogen) atoms. The standard InChI is InChI=1S/C9H16N2/c1-2-9(5-6-10)11-7-8-3-4-8/h8-9,11H,2-5,7H2,1H3. The zero-order chi connectivity index (χ0) is 8.10. The van der Waals surface area contributed by atoms with Crippen LogP contribution in [0.1, 0.15) is 32.6 Å². The van der Waals surface area contributed by atoms with Gasteiger partial charge < -0.3 is 5.32 Å². The summed E-state index contributed by atoms with van der Waals surface area (Å²) < 4.78 is 0. The number of hydrogen-bond donors (Lipinski definition) is 1. The summed E-state index contributed by atoms with van der Waals surface area (Å²) in [4.78, 5) is 0. The Balaban J connectivity index is 2.04. The molecule has 0 heterocycles. The van der Waals surface area contributed by atoms with Crippen molar-refractivity contribution in [2.24, 2.45) is 5.92 Å². The maximum absolute atomic E-state index is 8.46. The summed E-state index contributed by atoms with van der Waals surface area (Å²) in [6.45, 7) is 3.25. The molecule has 1 rings (SSSR count). The first kappa shape index (κ1) is 8.55. The summed E-state index contributed by atoms with van der Waals surface area (Å²) >= 11 is 0. The van der Waals surface area contributed by atoms with Crippen LogP contribution in [-0.2, 0) is 0 Å². The van der Waals surface area contributed by atoms with Crippen molar-refractivity contribution in [3.8, 4) is 6.07 Å². The SMILES string of the molecule is CCC(CC#N)NCC1CC1. The van der Waals surface area contributed by atoms with Crippen LogP contribution in [0.15, 0.2) is 0 Å². The van der Waals surface area contributed by atoms with Crippen molar-refractivity contribution >= 4 is 0 Å². The second-order valence-electron chi connectivity index (χ2n) is 3.32. The number of rotatable bonds is 5. The predicted octanol–water partition coefficient (Wildman–Crippen LogP) is 1.68. The van der Waals surface area contributed by atoms with Gasteiger partial charge in [-0.2, -0.15) is 5.26 Å². The molecule has 1 atom stereocenters. The zero-order valence-electron chi connectivity index (χ0n) is 7.14. The first-order chi connectivity index (χ1) is 5.36. The Bertz CT molecular complexity index is 144. The van der Waals surface area contributed by atoms with Gasteiger partial charge in [0.1, 0.15) is 0 Å². The van der Waals surface area contributed by atoms with Crippen LogP contribution in [0.25, 0.3) is 0 Å². The number of nitrogens with zero attached hydrogens (tertiary/aromatic N) is 1. The van der Waals surface area contributed by atoms with E-state index in [1.165, 1.54) is 12.8 Å². The van der Waals surface area contributed by atoms with Crippen LogP contribution >= 0.6 is 0 Å². The molecule has 1 unspecified atom stereocenters. The van der Waals surface area contributed by atoms with Gasteiger partial charge in [0.15, 0.2) is 0 Å². The maximum Gasteiger partial charge on any atom is 0.0638 e. The van der Waals surface area contributed by atoms with Crippen LogP contribution < -0.4 is 5.32 Å². The second-order valence-corrected chi connectivity index (χ2v) is 3.32. The monoisotopic (exact) mass is 152 g/mol. The molecule has 0 saturated heterocycles. The van der Waals surface area contributed by atoms with E-state index >= 15 is 0 Å². The molecule has 62 valence electrons. The zero-order valence-corrected chi connectivity index (χ0v) is 7.14. The van der Waals surface area contributed by atoms with E-state index in [4.69, 9.17) is 5.26 Å². The van der Waals surface area contributed by atoms with Gasteiger partial charge in [0.05, 0.1) is 12.5 Å². The molecule has 0 aromatic heterocycles. The number of hydrogen-bond acceptors (Lipinski definition) is 2. The third-order valence-electron chi connectivity index (χ3n) is 2.22. The summed E-state index contributed by atoms with van der Waals surface area (Å²) in [7, 11) is 0. The Hall–Kier alpha value is -0.550. The number of nitrogens with one attached hydrogen (secondary N) is 1. The highest BCUT2D eigenvalue weighted by Gasteiger charge is 2.21. The topological polar surface area (TPSA) is 35.8 Å². The van der Waals surface area contributed by atoms with Crippen molar-refractivity contribution in [2.45, 2.75) is 38.6 Å². The van der Waals surface area contributed by atoms with Gasteiger partial charge in [-0.25, -0.2) is 0 Å².